The van der Waals surface area contributed by atoms with Crippen molar-refractivity contribution in [3.8, 4) is 0 Å². The molecule has 0 fully saturated rings. The minimum atomic E-state index is -4.84. The van der Waals surface area contributed by atoms with E-state index in [9.17, 15) is 27.6 Å². The number of thiophene rings is 1. The Bertz CT molecular complexity index is 1010. The minimum absolute atomic E-state index is 0.0325. The molecule has 2 heterocycles. The van der Waals surface area contributed by atoms with Crippen LogP contribution in [0.2, 0.25) is 0 Å². The molecule has 0 aliphatic rings. The number of carbonyl (C=O) groups excluding carboxylic acids is 1. The van der Waals surface area contributed by atoms with Crippen LogP contribution in [0, 0.1) is 6.92 Å². The van der Waals surface area contributed by atoms with Crippen molar-refractivity contribution in [3.63, 3.8) is 0 Å². The summed E-state index contributed by atoms with van der Waals surface area (Å²) in [4.78, 5) is 38.0. The van der Waals surface area contributed by atoms with Gasteiger partial charge in [-0.1, -0.05) is 0 Å². The fourth-order valence-corrected chi connectivity index (χ4v) is 3.84. The van der Waals surface area contributed by atoms with Crippen LogP contribution in [0.1, 0.15) is 42.9 Å². The van der Waals surface area contributed by atoms with Crippen molar-refractivity contribution in [2.24, 2.45) is 0 Å². The number of fused-ring (bicyclic) bond motifs is 1. The van der Waals surface area contributed by atoms with E-state index in [0.717, 1.165) is 20.5 Å². The van der Waals surface area contributed by atoms with Crippen LogP contribution in [0.4, 0.5) is 13.2 Å². The van der Waals surface area contributed by atoms with Crippen molar-refractivity contribution in [2.75, 3.05) is 6.61 Å². The lowest BCUT2D eigenvalue weighted by atomic mass is 10.2. The van der Waals surface area contributed by atoms with Crippen molar-refractivity contribution in [1.29, 1.82) is 0 Å². The molecule has 2 aromatic rings. The molecule has 0 spiro atoms. The molecule has 2 rings (SSSR count). The van der Waals surface area contributed by atoms with Gasteiger partial charge in [-0.3, -0.25) is 18.7 Å². The van der Waals surface area contributed by atoms with E-state index < -0.39 is 42.3 Å². The van der Waals surface area contributed by atoms with Gasteiger partial charge in [-0.25, -0.2) is 9.59 Å². The van der Waals surface area contributed by atoms with E-state index in [4.69, 9.17) is 4.74 Å². The highest BCUT2D eigenvalue weighted by Crippen LogP contribution is 2.29. The molecule has 0 N–H and O–H groups in total. The Kier molecular flexibility index (Phi) is 6.10. The Morgan fingerprint density at radius 1 is 1.14 bits per heavy atom. The zero-order valence-electron chi connectivity index (χ0n) is 16.1. The molecule has 2 aromatic heterocycles. The third kappa shape index (κ3) is 4.64. The maximum atomic E-state index is 12.7. The number of hydrogen-bond donors (Lipinski definition) is 0. The highest BCUT2D eigenvalue weighted by Gasteiger charge is 2.30. The monoisotopic (exact) mass is 422 g/mol. The molecule has 0 aromatic carbocycles. The number of hydrogen-bond acceptors (Lipinski definition) is 6. The van der Waals surface area contributed by atoms with Gasteiger partial charge in [0.1, 0.15) is 15.3 Å². The maximum Gasteiger partial charge on any atom is 0.522 e. The number of carbonyl (C=O) groups is 1. The molecule has 28 heavy (non-hydrogen) atoms. The highest BCUT2D eigenvalue weighted by molar-refractivity contribution is 7.20. The number of halogens is 3. The van der Waals surface area contributed by atoms with Crippen molar-refractivity contribution >= 4 is 27.5 Å². The summed E-state index contributed by atoms with van der Waals surface area (Å²) in [5.41, 5.74) is -1.81. The van der Waals surface area contributed by atoms with E-state index in [1.54, 1.807) is 34.6 Å². The van der Waals surface area contributed by atoms with E-state index in [-0.39, 0.29) is 21.6 Å². The Hall–Kier alpha value is -2.14. The smallest absolute Gasteiger partial charge is 0.456 e. The fraction of sp³-hybridized carbons (Fsp3) is 0.588. The minimum Gasteiger partial charge on any atom is -0.456 e. The Morgan fingerprint density at radius 2 is 1.75 bits per heavy atom. The van der Waals surface area contributed by atoms with Gasteiger partial charge in [0, 0.05) is 6.54 Å². The van der Waals surface area contributed by atoms with Crippen LogP contribution in [0.25, 0.3) is 10.2 Å². The number of aromatic nitrogens is 2. The quantitative estimate of drug-likeness (QED) is 0.692. The fourth-order valence-electron chi connectivity index (χ4n) is 2.64. The maximum absolute atomic E-state index is 12.7. The second kappa shape index (κ2) is 7.70. The molecule has 0 bridgehead atoms. The van der Waals surface area contributed by atoms with Crippen LogP contribution < -0.4 is 11.2 Å². The van der Waals surface area contributed by atoms with Gasteiger partial charge in [0.25, 0.3) is 5.56 Å². The second-order valence-corrected chi connectivity index (χ2v) is 8.02. The zero-order valence-corrected chi connectivity index (χ0v) is 16.9. The standard InChI is InChI=1S/C17H21F3N2O5S/c1-6-21-12(23)10-9(2)11(14(24)27-16(3,4)5)28-13(10)22(15(21)25)7-8-26-17(18,19)20/h6-8H2,1-5H3. The molecule has 0 unspecified atom stereocenters. The summed E-state index contributed by atoms with van der Waals surface area (Å²) >= 11 is 0.843. The first-order valence-corrected chi connectivity index (χ1v) is 9.29. The molecule has 0 atom stereocenters. The van der Waals surface area contributed by atoms with E-state index in [0.29, 0.717) is 5.56 Å². The summed E-state index contributed by atoms with van der Waals surface area (Å²) in [6.45, 7) is 6.96. The highest BCUT2D eigenvalue weighted by atomic mass is 32.1. The predicted molar refractivity (Wildman–Crippen MR) is 97.9 cm³/mol. The lowest BCUT2D eigenvalue weighted by molar-refractivity contribution is -0.325. The summed E-state index contributed by atoms with van der Waals surface area (Å²) in [7, 11) is 0. The zero-order chi connectivity index (χ0) is 21.4. The number of rotatable bonds is 5. The van der Waals surface area contributed by atoms with Gasteiger partial charge in [-0.15, -0.1) is 24.5 Å². The molecular formula is C17H21F3N2O5S. The normalized spacial score (nSPS) is 12.6. The lowest BCUT2D eigenvalue weighted by Crippen LogP contribution is -2.40. The van der Waals surface area contributed by atoms with Gasteiger partial charge in [0.2, 0.25) is 0 Å². The van der Waals surface area contributed by atoms with Crippen molar-refractivity contribution < 1.29 is 27.4 Å². The van der Waals surface area contributed by atoms with Crippen LogP contribution in [-0.4, -0.2) is 33.7 Å². The Balaban J connectivity index is 2.65. The number of esters is 1. The van der Waals surface area contributed by atoms with Crippen molar-refractivity contribution in [1.82, 2.24) is 9.13 Å². The Morgan fingerprint density at radius 3 is 2.25 bits per heavy atom. The number of alkyl halides is 3. The molecule has 0 saturated carbocycles. The van der Waals surface area contributed by atoms with Crippen molar-refractivity contribution in [2.45, 2.75) is 59.7 Å². The number of ether oxygens (including phenoxy) is 2. The van der Waals surface area contributed by atoms with Crippen LogP contribution >= 0.6 is 11.3 Å². The first-order valence-electron chi connectivity index (χ1n) is 8.47. The van der Waals surface area contributed by atoms with Gasteiger partial charge < -0.3 is 4.74 Å². The predicted octanol–water partition coefficient (Wildman–Crippen LogP) is 3.04. The second-order valence-electron chi connectivity index (χ2n) is 7.02. The molecule has 0 amide bonds. The van der Waals surface area contributed by atoms with Crippen LogP contribution in [0.15, 0.2) is 9.59 Å². The van der Waals surface area contributed by atoms with E-state index in [1.165, 1.54) is 0 Å². The summed E-state index contributed by atoms with van der Waals surface area (Å²) < 4.78 is 47.9. The number of aryl methyl sites for hydroxylation is 1. The number of nitrogens with zero attached hydrogens (tertiary/aromatic N) is 2. The van der Waals surface area contributed by atoms with Crippen molar-refractivity contribution in [3.05, 3.63) is 31.3 Å². The van der Waals surface area contributed by atoms with E-state index in [1.807, 2.05) is 0 Å². The SMILES string of the molecule is CCn1c(=O)c2c(C)c(C(=O)OC(C)(C)C)sc2n(CCOC(F)(F)F)c1=O. The van der Waals surface area contributed by atoms with Crippen LogP contribution in [0.5, 0.6) is 0 Å². The van der Waals surface area contributed by atoms with Gasteiger partial charge in [0.05, 0.1) is 18.5 Å². The summed E-state index contributed by atoms with van der Waals surface area (Å²) in [6, 6.07) is 0. The topological polar surface area (TPSA) is 79.5 Å². The van der Waals surface area contributed by atoms with Gasteiger partial charge >= 0.3 is 18.0 Å². The third-order valence-corrected chi connectivity index (χ3v) is 5.07. The summed E-state index contributed by atoms with van der Waals surface area (Å²) in [5, 5.41) is 0.110. The van der Waals surface area contributed by atoms with E-state index in [2.05, 4.69) is 4.74 Å². The molecule has 156 valence electrons. The first-order chi connectivity index (χ1) is 12.8. The molecule has 0 aliphatic carbocycles. The Labute approximate surface area is 162 Å². The lowest BCUT2D eigenvalue weighted by Gasteiger charge is -2.19. The largest absolute Gasteiger partial charge is 0.522 e. The summed E-state index contributed by atoms with van der Waals surface area (Å²) in [5.74, 6) is -0.667. The summed E-state index contributed by atoms with van der Waals surface area (Å²) in [6.07, 6.45) is -4.84. The molecule has 0 saturated heterocycles. The molecule has 0 aliphatic heterocycles. The van der Waals surface area contributed by atoms with Gasteiger partial charge in [0.15, 0.2) is 0 Å². The van der Waals surface area contributed by atoms with E-state index >= 15 is 0 Å². The molecular weight excluding hydrogens is 401 g/mol. The van der Waals surface area contributed by atoms with Gasteiger partial charge in [-0.05, 0) is 40.2 Å². The van der Waals surface area contributed by atoms with Gasteiger partial charge in [-0.2, -0.15) is 0 Å². The van der Waals surface area contributed by atoms with Crippen LogP contribution in [0.3, 0.4) is 0 Å². The third-order valence-electron chi connectivity index (χ3n) is 3.78. The van der Waals surface area contributed by atoms with Crippen LogP contribution in [-0.2, 0) is 22.6 Å². The average Bonchev–Trinajstić information content (AvgIpc) is 2.86. The first kappa shape index (κ1) is 22.2. The molecule has 7 nitrogen and oxygen atoms in total. The average molecular weight is 422 g/mol. The molecule has 0 radical (unpaired) electrons. The molecule has 11 heteroatoms.